The molecule has 0 aromatic carbocycles. The van der Waals surface area contributed by atoms with Crippen molar-refractivity contribution in [3.63, 3.8) is 0 Å². The summed E-state index contributed by atoms with van der Waals surface area (Å²) in [7, 11) is -0.737. The van der Waals surface area contributed by atoms with Gasteiger partial charge in [-0.3, -0.25) is 0 Å². The summed E-state index contributed by atoms with van der Waals surface area (Å²) in [5.74, 6) is 1.02. The number of rotatable bonds is 4. The van der Waals surface area contributed by atoms with E-state index in [0.717, 1.165) is 19.5 Å². The lowest BCUT2D eigenvalue weighted by Crippen LogP contribution is -2.23. The Labute approximate surface area is 96.6 Å². The summed E-state index contributed by atoms with van der Waals surface area (Å²) in [6, 6.07) is 2.07. The fourth-order valence-corrected chi connectivity index (χ4v) is 3.98. The molecule has 1 atom stereocenters. The van der Waals surface area contributed by atoms with E-state index in [4.69, 9.17) is 0 Å². The first-order valence-electron chi connectivity index (χ1n) is 5.57. The molecule has 1 aromatic heterocycles. The summed E-state index contributed by atoms with van der Waals surface area (Å²) in [4.78, 5) is 0. The van der Waals surface area contributed by atoms with E-state index in [0.29, 0.717) is 17.4 Å². The number of aromatic nitrogens is 1. The maximum absolute atomic E-state index is 11.2. The Balaban J connectivity index is 1.73. The monoisotopic (exact) mass is 242 g/mol. The highest BCUT2D eigenvalue weighted by atomic mass is 32.2. The van der Waals surface area contributed by atoms with Gasteiger partial charge in [0.25, 0.3) is 0 Å². The Morgan fingerprint density at radius 1 is 1.56 bits per heavy atom. The first kappa shape index (κ1) is 11.7. The first-order chi connectivity index (χ1) is 7.55. The molecule has 0 amide bonds. The highest BCUT2D eigenvalue weighted by Crippen LogP contribution is 2.17. The second-order valence-corrected chi connectivity index (χ2v) is 6.81. The predicted molar refractivity (Wildman–Crippen MR) is 63.9 cm³/mol. The van der Waals surface area contributed by atoms with Gasteiger partial charge in [0.1, 0.15) is 0 Å². The van der Waals surface area contributed by atoms with Gasteiger partial charge in [0, 0.05) is 26.0 Å². The highest BCUT2D eigenvalue weighted by molar-refractivity contribution is 7.91. The number of aryl methyl sites for hydroxylation is 1. The van der Waals surface area contributed by atoms with Crippen molar-refractivity contribution >= 4 is 9.84 Å². The number of hydrogen-bond donors (Lipinski definition) is 1. The van der Waals surface area contributed by atoms with Crippen LogP contribution >= 0.6 is 0 Å². The fraction of sp³-hybridized carbons (Fsp3) is 0.636. The molecule has 1 unspecified atom stereocenters. The average molecular weight is 242 g/mol. The third-order valence-electron chi connectivity index (χ3n) is 2.98. The van der Waals surface area contributed by atoms with E-state index < -0.39 is 9.84 Å². The first-order valence-corrected chi connectivity index (χ1v) is 7.39. The van der Waals surface area contributed by atoms with Crippen molar-refractivity contribution in [1.29, 1.82) is 0 Å². The minimum Gasteiger partial charge on any atom is -0.357 e. The molecule has 0 spiro atoms. The van der Waals surface area contributed by atoms with Crippen LogP contribution in [-0.2, 0) is 23.4 Å². The Hall–Kier alpha value is -0.810. The second-order valence-electron chi connectivity index (χ2n) is 4.59. The van der Waals surface area contributed by atoms with E-state index in [9.17, 15) is 8.42 Å². The Kier molecular flexibility index (Phi) is 3.35. The van der Waals surface area contributed by atoms with Crippen molar-refractivity contribution in [3.05, 3.63) is 24.0 Å². The summed E-state index contributed by atoms with van der Waals surface area (Å²) >= 11 is 0. The molecule has 0 aliphatic carbocycles. The Bertz CT molecular complexity index is 450. The maximum Gasteiger partial charge on any atom is 0.150 e. The number of nitrogens with one attached hydrogen (secondary N) is 1. The van der Waals surface area contributed by atoms with Crippen LogP contribution < -0.4 is 5.32 Å². The molecule has 1 N–H and O–H groups in total. The van der Waals surface area contributed by atoms with Crippen molar-refractivity contribution in [2.24, 2.45) is 13.0 Å². The molecule has 0 saturated carbocycles. The van der Waals surface area contributed by atoms with Crippen LogP contribution in [0.3, 0.4) is 0 Å². The number of nitrogens with zero attached hydrogens (tertiary/aromatic N) is 1. The van der Waals surface area contributed by atoms with Crippen molar-refractivity contribution in [2.45, 2.75) is 13.0 Å². The summed E-state index contributed by atoms with van der Waals surface area (Å²) in [5, 5.41) is 3.32. The van der Waals surface area contributed by atoms with Crippen LogP contribution in [0, 0.1) is 5.92 Å². The third kappa shape index (κ3) is 3.09. The molecule has 5 heteroatoms. The van der Waals surface area contributed by atoms with Crippen molar-refractivity contribution in [3.8, 4) is 0 Å². The third-order valence-corrected chi connectivity index (χ3v) is 4.82. The van der Waals surface area contributed by atoms with Crippen LogP contribution in [0.5, 0.6) is 0 Å². The summed E-state index contributed by atoms with van der Waals surface area (Å²) in [5.41, 5.74) is 1.24. The smallest absolute Gasteiger partial charge is 0.150 e. The normalized spacial score (nSPS) is 23.7. The van der Waals surface area contributed by atoms with Gasteiger partial charge in [0.2, 0.25) is 0 Å². The van der Waals surface area contributed by atoms with Gasteiger partial charge < -0.3 is 9.88 Å². The van der Waals surface area contributed by atoms with Gasteiger partial charge in [0.15, 0.2) is 9.84 Å². The highest BCUT2D eigenvalue weighted by Gasteiger charge is 2.27. The number of hydrogen-bond acceptors (Lipinski definition) is 3. The summed E-state index contributed by atoms with van der Waals surface area (Å²) in [6.07, 6.45) is 4.89. The molecule has 2 rings (SSSR count). The van der Waals surface area contributed by atoms with E-state index in [1.807, 2.05) is 17.8 Å². The summed E-state index contributed by atoms with van der Waals surface area (Å²) < 4.78 is 24.5. The standard InChI is InChI=1S/C11H18N2O2S/c1-13-4-2-10(8-13)6-12-7-11-3-5-16(14,15)9-11/h2,4,8,11-12H,3,5-7,9H2,1H3. The van der Waals surface area contributed by atoms with Gasteiger partial charge >= 0.3 is 0 Å². The molecule has 1 aliphatic rings. The van der Waals surface area contributed by atoms with Crippen LogP contribution in [0.25, 0.3) is 0 Å². The van der Waals surface area contributed by atoms with Gasteiger partial charge in [-0.25, -0.2) is 8.42 Å². The lowest BCUT2D eigenvalue weighted by Gasteiger charge is -2.08. The van der Waals surface area contributed by atoms with Crippen LogP contribution in [0.1, 0.15) is 12.0 Å². The van der Waals surface area contributed by atoms with Crippen LogP contribution in [0.2, 0.25) is 0 Å². The zero-order valence-electron chi connectivity index (χ0n) is 9.52. The van der Waals surface area contributed by atoms with Crippen LogP contribution in [0.4, 0.5) is 0 Å². The molecule has 4 nitrogen and oxygen atoms in total. The number of sulfone groups is 1. The average Bonchev–Trinajstić information content (AvgIpc) is 2.73. The predicted octanol–water partition coefficient (Wildman–Crippen LogP) is 0.549. The minimum absolute atomic E-state index is 0.300. The molecule has 0 bridgehead atoms. The largest absolute Gasteiger partial charge is 0.357 e. The van der Waals surface area contributed by atoms with Gasteiger partial charge in [-0.05, 0) is 30.5 Å². The lowest BCUT2D eigenvalue weighted by atomic mass is 10.1. The van der Waals surface area contributed by atoms with E-state index in [2.05, 4.69) is 17.6 Å². The molecule has 16 heavy (non-hydrogen) atoms. The summed E-state index contributed by atoms with van der Waals surface area (Å²) in [6.45, 7) is 1.62. The van der Waals surface area contributed by atoms with Crippen LogP contribution in [0.15, 0.2) is 18.5 Å². The zero-order chi connectivity index (χ0) is 11.6. The molecule has 0 radical (unpaired) electrons. The Morgan fingerprint density at radius 3 is 2.94 bits per heavy atom. The zero-order valence-corrected chi connectivity index (χ0v) is 10.3. The van der Waals surface area contributed by atoms with E-state index in [1.165, 1.54) is 5.56 Å². The van der Waals surface area contributed by atoms with Gasteiger partial charge in [0.05, 0.1) is 11.5 Å². The molecular weight excluding hydrogens is 224 g/mol. The molecule has 2 heterocycles. The fourth-order valence-electron chi connectivity index (χ4n) is 2.12. The quantitative estimate of drug-likeness (QED) is 0.839. The Morgan fingerprint density at radius 2 is 2.38 bits per heavy atom. The van der Waals surface area contributed by atoms with E-state index >= 15 is 0 Å². The molecule has 1 fully saturated rings. The van der Waals surface area contributed by atoms with Gasteiger partial charge in [-0.15, -0.1) is 0 Å². The van der Waals surface area contributed by atoms with Gasteiger partial charge in [-0.1, -0.05) is 0 Å². The second kappa shape index (κ2) is 4.59. The maximum atomic E-state index is 11.2. The van der Waals surface area contributed by atoms with Crippen molar-refractivity contribution in [2.75, 3.05) is 18.1 Å². The van der Waals surface area contributed by atoms with Crippen molar-refractivity contribution in [1.82, 2.24) is 9.88 Å². The lowest BCUT2D eigenvalue weighted by molar-refractivity contribution is 0.521. The molecular formula is C11H18N2O2S. The van der Waals surface area contributed by atoms with Crippen molar-refractivity contribution < 1.29 is 8.42 Å². The topological polar surface area (TPSA) is 51.1 Å². The van der Waals surface area contributed by atoms with E-state index in [-0.39, 0.29) is 0 Å². The van der Waals surface area contributed by atoms with E-state index in [1.54, 1.807) is 0 Å². The molecule has 1 saturated heterocycles. The molecule has 1 aliphatic heterocycles. The minimum atomic E-state index is -2.73. The molecule has 90 valence electrons. The van der Waals surface area contributed by atoms with Crippen LogP contribution in [-0.4, -0.2) is 31.0 Å². The van der Waals surface area contributed by atoms with Gasteiger partial charge in [-0.2, -0.15) is 0 Å². The SMILES string of the molecule is Cn1ccc(CNCC2CCS(=O)(=O)C2)c1. The molecule has 1 aromatic rings.